The molecule has 8 nitrogen and oxygen atoms in total. The van der Waals surface area contributed by atoms with Crippen molar-refractivity contribution in [3.8, 4) is 17.2 Å². The van der Waals surface area contributed by atoms with Crippen LogP contribution in [0.4, 0.5) is 10.5 Å². The van der Waals surface area contributed by atoms with Gasteiger partial charge in [-0.2, -0.15) is 0 Å². The number of carbonyl (C=O) groups is 3. The van der Waals surface area contributed by atoms with Gasteiger partial charge in [-0.3, -0.25) is 14.9 Å². The summed E-state index contributed by atoms with van der Waals surface area (Å²) in [6, 6.07) is 10.8. The number of methoxy groups -OCH3 is 1. The average molecular weight is 410 g/mol. The maximum absolute atomic E-state index is 13.2. The Kier molecular flexibility index (Phi) is 6.36. The SMILES string of the molecule is CCOc1ccc(OCC)c(N2C(=O)NC(=O)/C(=C\c3ccc(OC)cc3)C2=O)c1. The topological polar surface area (TPSA) is 94.2 Å². The Morgan fingerprint density at radius 1 is 0.933 bits per heavy atom. The van der Waals surface area contributed by atoms with E-state index in [9.17, 15) is 14.4 Å². The molecular formula is C22H22N2O6. The summed E-state index contributed by atoms with van der Waals surface area (Å²) >= 11 is 0. The molecule has 30 heavy (non-hydrogen) atoms. The van der Waals surface area contributed by atoms with Crippen LogP contribution >= 0.6 is 0 Å². The number of nitrogens with zero attached hydrogens (tertiary/aromatic N) is 1. The van der Waals surface area contributed by atoms with Gasteiger partial charge < -0.3 is 14.2 Å². The van der Waals surface area contributed by atoms with Crippen LogP contribution in [-0.4, -0.2) is 38.2 Å². The van der Waals surface area contributed by atoms with Gasteiger partial charge in [0.05, 0.1) is 26.0 Å². The molecule has 0 atom stereocenters. The molecule has 4 amide bonds. The lowest BCUT2D eigenvalue weighted by atomic mass is 10.1. The van der Waals surface area contributed by atoms with Gasteiger partial charge in [0.2, 0.25) is 0 Å². The highest BCUT2D eigenvalue weighted by atomic mass is 16.5. The van der Waals surface area contributed by atoms with Crippen LogP contribution in [-0.2, 0) is 9.59 Å². The van der Waals surface area contributed by atoms with E-state index in [2.05, 4.69) is 5.32 Å². The second kappa shape index (κ2) is 9.13. The lowest BCUT2D eigenvalue weighted by Crippen LogP contribution is -2.54. The lowest BCUT2D eigenvalue weighted by Gasteiger charge is -2.28. The Labute approximate surface area is 174 Å². The van der Waals surface area contributed by atoms with Gasteiger partial charge in [0.1, 0.15) is 22.8 Å². The molecule has 1 fully saturated rings. The van der Waals surface area contributed by atoms with Crippen LogP contribution < -0.4 is 24.4 Å². The van der Waals surface area contributed by atoms with Crippen LogP contribution in [0.3, 0.4) is 0 Å². The number of ether oxygens (including phenoxy) is 3. The fourth-order valence-corrected chi connectivity index (χ4v) is 2.95. The van der Waals surface area contributed by atoms with Gasteiger partial charge in [0, 0.05) is 6.07 Å². The quantitative estimate of drug-likeness (QED) is 0.557. The van der Waals surface area contributed by atoms with Crippen LogP contribution in [0.1, 0.15) is 19.4 Å². The van der Waals surface area contributed by atoms with E-state index in [1.807, 2.05) is 6.92 Å². The number of hydrogen-bond acceptors (Lipinski definition) is 6. The van der Waals surface area contributed by atoms with E-state index in [1.165, 1.54) is 12.1 Å². The molecule has 156 valence electrons. The Morgan fingerprint density at radius 3 is 2.23 bits per heavy atom. The van der Waals surface area contributed by atoms with Gasteiger partial charge >= 0.3 is 6.03 Å². The summed E-state index contributed by atoms with van der Waals surface area (Å²) in [6.07, 6.45) is 1.42. The van der Waals surface area contributed by atoms with Crippen LogP contribution in [0, 0.1) is 0 Å². The highest BCUT2D eigenvalue weighted by molar-refractivity contribution is 6.39. The third-order valence-corrected chi connectivity index (χ3v) is 4.31. The van der Waals surface area contributed by atoms with E-state index >= 15 is 0 Å². The molecule has 2 aromatic carbocycles. The van der Waals surface area contributed by atoms with Crippen molar-refractivity contribution in [1.29, 1.82) is 0 Å². The minimum absolute atomic E-state index is 0.177. The minimum atomic E-state index is -0.855. The molecule has 0 bridgehead atoms. The number of nitrogens with one attached hydrogen (secondary N) is 1. The summed E-state index contributed by atoms with van der Waals surface area (Å²) in [7, 11) is 1.54. The molecule has 3 rings (SSSR count). The van der Waals surface area contributed by atoms with Crippen molar-refractivity contribution < 1.29 is 28.6 Å². The third kappa shape index (κ3) is 4.27. The van der Waals surface area contributed by atoms with Gasteiger partial charge in [-0.15, -0.1) is 0 Å². The number of barbiturate groups is 1. The minimum Gasteiger partial charge on any atom is -0.497 e. The van der Waals surface area contributed by atoms with Crippen LogP contribution in [0.25, 0.3) is 6.08 Å². The Balaban J connectivity index is 2.03. The molecule has 0 unspecified atom stereocenters. The molecule has 0 spiro atoms. The summed E-state index contributed by atoms with van der Waals surface area (Å²) in [4.78, 5) is 39.0. The molecule has 0 aromatic heterocycles. The van der Waals surface area contributed by atoms with Gasteiger partial charge in [-0.25, -0.2) is 9.69 Å². The van der Waals surface area contributed by atoms with Crippen molar-refractivity contribution in [1.82, 2.24) is 5.32 Å². The van der Waals surface area contributed by atoms with Gasteiger partial charge in [0.15, 0.2) is 0 Å². The number of rotatable bonds is 7. The predicted octanol–water partition coefficient (Wildman–Crippen LogP) is 3.16. The van der Waals surface area contributed by atoms with Crippen molar-refractivity contribution in [2.75, 3.05) is 25.2 Å². The summed E-state index contributed by atoms with van der Waals surface area (Å²) in [5.41, 5.74) is 0.624. The molecular weight excluding hydrogens is 388 g/mol. The van der Waals surface area contributed by atoms with Crippen molar-refractivity contribution in [3.63, 3.8) is 0 Å². The van der Waals surface area contributed by atoms with Crippen molar-refractivity contribution in [2.45, 2.75) is 13.8 Å². The monoisotopic (exact) mass is 410 g/mol. The first-order valence-corrected chi connectivity index (χ1v) is 9.43. The van der Waals surface area contributed by atoms with E-state index in [-0.39, 0.29) is 11.3 Å². The molecule has 1 heterocycles. The first-order valence-electron chi connectivity index (χ1n) is 9.43. The smallest absolute Gasteiger partial charge is 0.336 e. The molecule has 1 saturated heterocycles. The molecule has 0 saturated carbocycles. The summed E-state index contributed by atoms with van der Waals surface area (Å²) in [6.45, 7) is 4.35. The fraction of sp³-hybridized carbons (Fsp3) is 0.227. The van der Waals surface area contributed by atoms with E-state index in [0.29, 0.717) is 36.0 Å². The molecule has 2 aromatic rings. The largest absolute Gasteiger partial charge is 0.497 e. The van der Waals surface area contributed by atoms with Crippen LogP contribution in [0.5, 0.6) is 17.2 Å². The normalized spacial score (nSPS) is 15.2. The molecule has 1 N–H and O–H groups in total. The average Bonchev–Trinajstić information content (AvgIpc) is 2.73. The summed E-state index contributed by atoms with van der Waals surface area (Å²) in [5.74, 6) is -0.0932. The van der Waals surface area contributed by atoms with Crippen LogP contribution in [0.15, 0.2) is 48.0 Å². The van der Waals surface area contributed by atoms with E-state index < -0.39 is 17.8 Å². The highest BCUT2D eigenvalue weighted by Crippen LogP contribution is 2.35. The number of carbonyl (C=O) groups excluding carboxylic acids is 3. The van der Waals surface area contributed by atoms with Crippen molar-refractivity contribution in [2.24, 2.45) is 0 Å². The number of anilines is 1. The second-order valence-corrected chi connectivity index (χ2v) is 6.23. The van der Waals surface area contributed by atoms with Gasteiger partial charge in [0.25, 0.3) is 11.8 Å². The van der Waals surface area contributed by atoms with E-state index in [4.69, 9.17) is 14.2 Å². The Morgan fingerprint density at radius 2 is 1.60 bits per heavy atom. The molecule has 8 heteroatoms. The standard InChI is InChI=1S/C22H22N2O6/c1-4-29-16-10-11-19(30-5-2)18(13-16)24-21(26)17(20(25)23-22(24)27)12-14-6-8-15(28-3)9-7-14/h6-13H,4-5H2,1-3H3,(H,23,25,27)/b17-12+. The van der Waals surface area contributed by atoms with Gasteiger partial charge in [-0.1, -0.05) is 12.1 Å². The molecule has 1 aliphatic rings. The zero-order valence-electron chi connectivity index (χ0n) is 16.9. The number of imide groups is 2. The highest BCUT2D eigenvalue weighted by Gasteiger charge is 2.38. The second-order valence-electron chi connectivity index (χ2n) is 6.23. The van der Waals surface area contributed by atoms with E-state index in [0.717, 1.165) is 4.90 Å². The lowest BCUT2D eigenvalue weighted by molar-refractivity contribution is -0.122. The third-order valence-electron chi connectivity index (χ3n) is 4.31. The molecule has 0 radical (unpaired) electrons. The number of amides is 4. The first kappa shape index (κ1) is 20.9. The zero-order valence-corrected chi connectivity index (χ0v) is 16.9. The number of hydrogen-bond donors (Lipinski definition) is 1. The van der Waals surface area contributed by atoms with Crippen molar-refractivity contribution in [3.05, 3.63) is 53.6 Å². The fourth-order valence-electron chi connectivity index (χ4n) is 2.95. The summed E-state index contributed by atoms with van der Waals surface area (Å²) < 4.78 is 16.2. The summed E-state index contributed by atoms with van der Waals surface area (Å²) in [5, 5.41) is 2.21. The molecule has 1 aliphatic heterocycles. The number of urea groups is 1. The Hall–Kier alpha value is -3.81. The predicted molar refractivity (Wildman–Crippen MR) is 111 cm³/mol. The van der Waals surface area contributed by atoms with Crippen molar-refractivity contribution >= 4 is 29.6 Å². The van der Waals surface area contributed by atoms with Crippen LogP contribution in [0.2, 0.25) is 0 Å². The zero-order chi connectivity index (χ0) is 21.7. The first-order chi connectivity index (χ1) is 14.5. The Bertz CT molecular complexity index is 997. The maximum Gasteiger partial charge on any atom is 0.336 e. The van der Waals surface area contributed by atoms with Gasteiger partial charge in [-0.05, 0) is 49.8 Å². The maximum atomic E-state index is 13.2. The number of benzene rings is 2. The van der Waals surface area contributed by atoms with E-state index in [1.54, 1.807) is 50.4 Å². The molecule has 0 aliphatic carbocycles.